The Hall–Kier alpha value is -8.22. The van der Waals surface area contributed by atoms with Crippen LogP contribution in [0.4, 0.5) is 37.7 Å². The first-order chi connectivity index (χ1) is 36.5. The van der Waals surface area contributed by atoms with Gasteiger partial charge in [-0.25, -0.2) is 9.59 Å². The molecule has 0 heterocycles. The number of hydrogen-bond acceptors (Lipinski definition) is 12. The van der Waals surface area contributed by atoms with E-state index in [-0.39, 0.29) is 74.4 Å². The van der Waals surface area contributed by atoms with Crippen molar-refractivity contribution in [3.05, 3.63) is 191 Å². The number of alkyl halides is 6. The van der Waals surface area contributed by atoms with E-state index in [9.17, 15) is 55.7 Å². The molecule has 404 valence electrons. The van der Waals surface area contributed by atoms with Crippen LogP contribution in [0.3, 0.4) is 0 Å². The summed E-state index contributed by atoms with van der Waals surface area (Å²) in [5.74, 6) is -5.18. The van der Waals surface area contributed by atoms with E-state index in [0.717, 1.165) is 6.08 Å². The van der Waals surface area contributed by atoms with Gasteiger partial charge in [-0.2, -0.15) is 26.3 Å². The van der Waals surface area contributed by atoms with Gasteiger partial charge in [0.05, 0.1) is 24.3 Å². The highest BCUT2D eigenvalue weighted by molar-refractivity contribution is 6.01. The molecule has 0 unspecified atom stereocenters. The van der Waals surface area contributed by atoms with Gasteiger partial charge in [0.2, 0.25) is 11.6 Å². The van der Waals surface area contributed by atoms with E-state index in [1.165, 1.54) is 103 Å². The normalized spacial score (nSPS) is 12.2. The highest BCUT2D eigenvalue weighted by Crippen LogP contribution is 2.43. The topological polar surface area (TPSA) is 198 Å². The fourth-order valence-electron chi connectivity index (χ4n) is 7.98. The minimum absolute atomic E-state index is 0.0610. The lowest BCUT2D eigenvalue weighted by molar-refractivity contribution is -0.230. The number of ether oxygens (including phenoxy) is 4. The summed E-state index contributed by atoms with van der Waals surface area (Å²) < 4.78 is 96.2. The largest absolute Gasteiger partial charge is 0.494 e. The van der Waals surface area contributed by atoms with Gasteiger partial charge in [-0.15, -0.1) is 0 Å². The van der Waals surface area contributed by atoms with Crippen LogP contribution in [-0.4, -0.2) is 65.1 Å². The molecule has 0 bridgehead atoms. The maximum Gasteiger partial charge on any atom is 0.389 e. The number of ketones is 2. The molecule has 6 aromatic rings. The van der Waals surface area contributed by atoms with Crippen LogP contribution >= 0.6 is 0 Å². The minimum atomic E-state index is -4.23. The summed E-state index contributed by atoms with van der Waals surface area (Å²) in [5, 5.41) is 24.4. The number of unbranched alkanes of at least 4 members (excludes halogenated alkanes) is 2. The summed E-state index contributed by atoms with van der Waals surface area (Å²) in [6.45, 7) is 0.172. The molecule has 0 fully saturated rings. The molecule has 0 aromatic heterocycles. The molecule has 12 nitrogen and oxygen atoms in total. The Balaban J connectivity index is 1.13. The van der Waals surface area contributed by atoms with Gasteiger partial charge >= 0.3 is 24.3 Å². The molecule has 0 aliphatic rings. The summed E-state index contributed by atoms with van der Waals surface area (Å²) >= 11 is 0. The Morgan fingerprint density at radius 1 is 0.468 bits per heavy atom. The van der Waals surface area contributed by atoms with Crippen LogP contribution in [0.2, 0.25) is 0 Å². The molecule has 18 heteroatoms. The van der Waals surface area contributed by atoms with Crippen molar-refractivity contribution in [2.24, 2.45) is 5.41 Å². The number of carbonyl (C=O) groups excluding carboxylic acids is 4. The Morgan fingerprint density at radius 2 is 0.831 bits per heavy atom. The first kappa shape index (κ1) is 58.0. The fourth-order valence-corrected chi connectivity index (χ4v) is 7.98. The van der Waals surface area contributed by atoms with Gasteiger partial charge in [0.25, 0.3) is 0 Å². The molecule has 0 aliphatic carbocycles. The molecule has 6 N–H and O–H groups in total. The van der Waals surface area contributed by atoms with Crippen molar-refractivity contribution < 1.29 is 74.7 Å². The van der Waals surface area contributed by atoms with E-state index < -0.39 is 66.3 Å². The van der Waals surface area contributed by atoms with Crippen molar-refractivity contribution in [3.8, 4) is 23.0 Å². The Kier molecular flexibility index (Phi) is 20.0. The van der Waals surface area contributed by atoms with Crippen molar-refractivity contribution in [2.75, 3.05) is 24.7 Å². The van der Waals surface area contributed by atoms with Crippen LogP contribution in [0, 0.1) is 5.41 Å². The highest BCUT2D eigenvalue weighted by atomic mass is 19.4. The first-order valence-electron chi connectivity index (χ1n) is 24.4. The van der Waals surface area contributed by atoms with E-state index in [1.54, 1.807) is 60.7 Å². The number of anilines is 2. The van der Waals surface area contributed by atoms with E-state index in [0.29, 0.717) is 45.1 Å². The highest BCUT2D eigenvalue weighted by Gasteiger charge is 2.54. The third-order valence-electron chi connectivity index (χ3n) is 12.1. The number of nitrogen functional groups attached to an aromatic ring is 2. The standard InChI is InChI=1S/C59H56F6N2O10/c60-57(61,62)33-1-3-35-74-49-24-28-51(29-25-49)76-54(70)44-15-5-40(6-16-44)13-23-48(68)39-56(37-42-9-19-46(66)20-10-42,38-43-11-21-47(67)22-12-43)59(72,73)53(69)32-14-41-7-17-45(18-8-41)55(71)77-52-30-26-50(27-31-52)75-36-4-2-34-58(63,64)65/h5-32,72-73H,1-4,33-39,66-67H2. The van der Waals surface area contributed by atoms with Crippen molar-refractivity contribution in [3.63, 3.8) is 0 Å². The lowest BCUT2D eigenvalue weighted by Gasteiger charge is -2.42. The number of halogens is 6. The number of rotatable bonds is 26. The average molecular weight is 1070 g/mol. The predicted octanol–water partition coefficient (Wildman–Crippen LogP) is 11.9. The van der Waals surface area contributed by atoms with Gasteiger partial charge in [-0.1, -0.05) is 60.7 Å². The molecule has 0 spiro atoms. The summed E-state index contributed by atoms with van der Waals surface area (Å²) in [6, 6.07) is 37.0. The number of hydrogen-bond donors (Lipinski definition) is 4. The van der Waals surface area contributed by atoms with Crippen molar-refractivity contribution in [1.82, 2.24) is 0 Å². The summed E-state index contributed by atoms with van der Waals surface area (Å²) in [4.78, 5) is 54.3. The monoisotopic (exact) mass is 1070 g/mol. The molecule has 6 aromatic carbocycles. The molecule has 77 heavy (non-hydrogen) atoms. The zero-order valence-electron chi connectivity index (χ0n) is 41.5. The molecule has 0 saturated carbocycles. The van der Waals surface area contributed by atoms with Crippen molar-refractivity contribution in [2.45, 2.75) is 75.9 Å². The summed E-state index contributed by atoms with van der Waals surface area (Å²) in [5.41, 5.74) is 13.2. The maximum atomic E-state index is 14.2. The Labute approximate surface area is 440 Å². The number of nitrogens with two attached hydrogens (primary N) is 2. The Morgan fingerprint density at radius 3 is 1.21 bits per heavy atom. The van der Waals surface area contributed by atoms with Gasteiger partial charge in [-0.05, 0) is 170 Å². The zero-order chi connectivity index (χ0) is 55.6. The fraction of sp³-hybridized carbons (Fsp3) is 0.254. The van der Waals surface area contributed by atoms with Gasteiger partial charge in [-0.3, -0.25) is 9.59 Å². The average Bonchev–Trinajstić information content (AvgIpc) is 3.39. The summed E-state index contributed by atoms with van der Waals surface area (Å²) in [7, 11) is 0. The van der Waals surface area contributed by atoms with Crippen LogP contribution < -0.4 is 30.4 Å². The molecular weight excluding hydrogens is 1010 g/mol. The van der Waals surface area contributed by atoms with E-state index in [1.807, 2.05) is 0 Å². The van der Waals surface area contributed by atoms with Crippen molar-refractivity contribution in [1.29, 1.82) is 0 Å². The third-order valence-corrected chi connectivity index (χ3v) is 12.1. The molecular formula is C59H56F6N2O10. The second-order valence-corrected chi connectivity index (χ2v) is 18.3. The number of benzene rings is 6. The molecule has 0 atom stereocenters. The summed E-state index contributed by atoms with van der Waals surface area (Å²) in [6.07, 6.45) is -5.89. The second kappa shape index (κ2) is 26.5. The van der Waals surface area contributed by atoms with Gasteiger partial charge in [0, 0.05) is 36.1 Å². The smallest absolute Gasteiger partial charge is 0.389 e. The second-order valence-electron chi connectivity index (χ2n) is 18.3. The minimum Gasteiger partial charge on any atom is -0.494 e. The number of carbonyl (C=O) groups is 4. The Bertz CT molecular complexity index is 2910. The lowest BCUT2D eigenvalue weighted by Crippen LogP contribution is -2.57. The van der Waals surface area contributed by atoms with Crippen molar-refractivity contribution >= 4 is 47.0 Å². The zero-order valence-corrected chi connectivity index (χ0v) is 41.5. The van der Waals surface area contributed by atoms with Gasteiger partial charge in [0.15, 0.2) is 5.78 Å². The van der Waals surface area contributed by atoms with Crippen LogP contribution in [0.25, 0.3) is 12.2 Å². The number of aliphatic hydroxyl groups is 2. The quantitative estimate of drug-likeness (QED) is 0.00764. The first-order valence-corrected chi connectivity index (χ1v) is 24.4. The molecule has 0 saturated heterocycles. The molecule has 0 aliphatic heterocycles. The number of esters is 2. The maximum absolute atomic E-state index is 14.2. The van der Waals surface area contributed by atoms with E-state index in [2.05, 4.69) is 0 Å². The van der Waals surface area contributed by atoms with Crippen LogP contribution in [0.5, 0.6) is 23.0 Å². The SMILES string of the molecule is Nc1ccc(CC(CC(=O)C=Cc2ccc(C(=O)Oc3ccc(OCCCCC(F)(F)F)cc3)cc2)(Cc2ccc(N)cc2)C(O)(O)C(=O)C=Cc2ccc(C(=O)Oc3ccc(OCCCCC(F)(F)F)cc3)cc2)cc1. The lowest BCUT2D eigenvalue weighted by atomic mass is 9.65. The molecule has 0 amide bonds. The van der Waals surface area contributed by atoms with E-state index >= 15 is 0 Å². The van der Waals surface area contributed by atoms with E-state index in [4.69, 9.17) is 30.4 Å². The van der Waals surface area contributed by atoms with Gasteiger partial charge < -0.3 is 40.6 Å². The third kappa shape index (κ3) is 18.5. The van der Waals surface area contributed by atoms with Crippen LogP contribution in [0.1, 0.15) is 87.9 Å². The molecule has 6 rings (SSSR count). The predicted molar refractivity (Wildman–Crippen MR) is 278 cm³/mol. The van der Waals surface area contributed by atoms with Crippen LogP contribution in [0.15, 0.2) is 158 Å². The molecule has 0 radical (unpaired) electrons. The number of allylic oxidation sites excluding steroid dienone is 1. The van der Waals surface area contributed by atoms with Gasteiger partial charge in [0.1, 0.15) is 23.0 Å². The van der Waals surface area contributed by atoms with Crippen LogP contribution in [-0.2, 0) is 22.4 Å².